The zero-order chi connectivity index (χ0) is 8.10. The summed E-state index contributed by atoms with van der Waals surface area (Å²) in [4.78, 5) is 1.84. The molecule has 0 unspecified atom stereocenters. The maximum Gasteiger partial charge on any atom is 0.0441 e. The predicted molar refractivity (Wildman–Crippen MR) is 53.2 cm³/mol. The van der Waals surface area contributed by atoms with Gasteiger partial charge in [0.15, 0.2) is 0 Å². The first-order valence-corrected chi connectivity index (χ1v) is 4.62. The van der Waals surface area contributed by atoms with Crippen LogP contribution in [-0.4, -0.2) is 0 Å². The van der Waals surface area contributed by atoms with E-state index in [1.54, 1.807) is 0 Å². The second-order valence-electron chi connectivity index (χ2n) is 2.16. The lowest BCUT2D eigenvalue weighted by Gasteiger charge is -1.97. The van der Waals surface area contributed by atoms with E-state index in [1.807, 2.05) is 35.3 Å². The minimum absolute atomic E-state index is 0.832. The zero-order valence-corrected chi connectivity index (χ0v) is 8.27. The van der Waals surface area contributed by atoms with Gasteiger partial charge in [-0.2, -0.15) is 0 Å². The molecule has 0 aliphatic carbocycles. The van der Waals surface area contributed by atoms with Gasteiger partial charge >= 0.3 is 0 Å². The van der Waals surface area contributed by atoms with Gasteiger partial charge in [-0.1, -0.05) is 51.8 Å². The molecule has 11 heavy (non-hydrogen) atoms. The fourth-order valence-electron chi connectivity index (χ4n) is 0.835. The van der Waals surface area contributed by atoms with Crippen LogP contribution < -0.4 is 0 Å². The molecule has 0 N–H and O–H groups in total. The molecule has 0 radical (unpaired) electrons. The number of allylic oxidation sites excluding steroid dienone is 1. The fourth-order valence-corrected chi connectivity index (χ4v) is 1.24. The summed E-state index contributed by atoms with van der Waals surface area (Å²) < 4.78 is 0. The third-order valence-electron chi connectivity index (χ3n) is 1.38. The summed E-state index contributed by atoms with van der Waals surface area (Å²) in [5.74, 6) is 0. The summed E-state index contributed by atoms with van der Waals surface area (Å²) in [7, 11) is 0. The lowest BCUT2D eigenvalue weighted by molar-refractivity contribution is 1.28. The molecule has 0 amide bonds. The molecule has 1 aromatic carbocycles. The number of halogens is 2. The predicted octanol–water partition coefficient (Wildman–Crippen LogP) is 3.79. The molecule has 58 valence electrons. The lowest BCUT2D eigenvalue weighted by Crippen LogP contribution is -1.80. The van der Waals surface area contributed by atoms with Crippen molar-refractivity contribution in [2.24, 2.45) is 0 Å². The Kier molecular flexibility index (Phi) is 3.67. The molecule has 0 heterocycles. The zero-order valence-electron chi connectivity index (χ0n) is 5.93. The second-order valence-corrected chi connectivity index (χ2v) is 3.09. The van der Waals surface area contributed by atoms with Crippen molar-refractivity contribution in [2.75, 3.05) is 0 Å². The van der Waals surface area contributed by atoms with Crippen LogP contribution in [0.3, 0.4) is 0 Å². The average molecular weight is 232 g/mol. The van der Waals surface area contributed by atoms with E-state index in [4.69, 9.17) is 11.6 Å². The summed E-state index contributed by atoms with van der Waals surface area (Å²) in [6.45, 7) is 0. The molecule has 0 nitrogen and oxygen atoms in total. The lowest BCUT2D eigenvalue weighted by atomic mass is 10.1. The van der Waals surface area contributed by atoms with Gasteiger partial charge < -0.3 is 0 Å². The van der Waals surface area contributed by atoms with E-state index in [2.05, 4.69) is 15.9 Å². The Balaban J connectivity index is 2.77. The van der Waals surface area contributed by atoms with E-state index in [9.17, 15) is 0 Å². The minimum atomic E-state index is 0.832. The van der Waals surface area contributed by atoms with Crippen molar-refractivity contribution in [1.29, 1.82) is 0 Å². The average Bonchev–Trinajstić information content (AvgIpc) is 2.03. The molecular formula is C9H8BrCl. The molecule has 0 fully saturated rings. The van der Waals surface area contributed by atoms with Crippen LogP contribution in [0.25, 0.3) is 0 Å². The highest BCUT2D eigenvalue weighted by Gasteiger charge is 1.93. The Morgan fingerprint density at radius 1 is 1.36 bits per heavy atom. The Bertz CT molecular complexity index is 255. The number of benzene rings is 1. The van der Waals surface area contributed by atoms with Crippen molar-refractivity contribution in [3.8, 4) is 0 Å². The van der Waals surface area contributed by atoms with Gasteiger partial charge in [-0.3, -0.25) is 0 Å². The molecule has 0 saturated heterocycles. The molecule has 0 aromatic heterocycles. The van der Waals surface area contributed by atoms with Crippen LogP contribution in [-0.2, 0) is 6.42 Å². The monoisotopic (exact) mass is 230 g/mol. The van der Waals surface area contributed by atoms with Crippen LogP contribution in [0, 0.1) is 0 Å². The van der Waals surface area contributed by atoms with E-state index >= 15 is 0 Å². The first-order valence-electron chi connectivity index (χ1n) is 3.33. The van der Waals surface area contributed by atoms with Gasteiger partial charge in [-0.15, -0.1) is 0 Å². The maximum absolute atomic E-state index is 5.91. The second kappa shape index (κ2) is 4.58. The van der Waals surface area contributed by atoms with Crippen LogP contribution >= 0.6 is 27.5 Å². The Labute approximate surface area is 80.0 Å². The Hall–Kier alpha value is -0.270. The summed E-state index contributed by atoms with van der Waals surface area (Å²) in [5, 5.41) is 0.832. The van der Waals surface area contributed by atoms with Crippen molar-refractivity contribution < 1.29 is 0 Å². The van der Waals surface area contributed by atoms with Crippen molar-refractivity contribution in [3.63, 3.8) is 0 Å². The topological polar surface area (TPSA) is 0 Å². The molecule has 0 atom stereocenters. The maximum atomic E-state index is 5.91. The number of rotatable bonds is 2. The molecule has 0 bridgehead atoms. The van der Waals surface area contributed by atoms with Crippen molar-refractivity contribution >= 4 is 27.5 Å². The van der Waals surface area contributed by atoms with E-state index in [-0.39, 0.29) is 0 Å². The van der Waals surface area contributed by atoms with Crippen LogP contribution in [0.1, 0.15) is 5.56 Å². The summed E-state index contributed by atoms with van der Waals surface area (Å²) >= 11 is 9.12. The number of hydrogen-bond donors (Lipinski definition) is 0. The molecular weight excluding hydrogens is 223 g/mol. The van der Waals surface area contributed by atoms with Crippen LogP contribution in [0.15, 0.2) is 35.3 Å². The highest BCUT2D eigenvalue weighted by molar-refractivity contribution is 9.11. The van der Waals surface area contributed by atoms with Crippen molar-refractivity contribution in [3.05, 3.63) is 45.9 Å². The van der Waals surface area contributed by atoms with Crippen LogP contribution in [0.4, 0.5) is 0 Å². The molecule has 0 aliphatic rings. The summed E-state index contributed by atoms with van der Waals surface area (Å²) in [5.41, 5.74) is 1.16. The van der Waals surface area contributed by atoms with Gasteiger partial charge in [-0.05, 0) is 23.0 Å². The smallest absolute Gasteiger partial charge is 0.0441 e. The Morgan fingerprint density at radius 3 is 2.73 bits per heavy atom. The highest BCUT2D eigenvalue weighted by Crippen LogP contribution is 2.15. The minimum Gasteiger partial charge on any atom is -0.0840 e. The molecule has 1 rings (SSSR count). The summed E-state index contributed by atoms with van der Waals surface area (Å²) in [6, 6.07) is 7.85. The van der Waals surface area contributed by atoms with Gasteiger partial charge in [0, 0.05) is 5.02 Å². The van der Waals surface area contributed by atoms with Gasteiger partial charge in [-0.25, -0.2) is 0 Å². The molecule has 1 aromatic rings. The molecule has 0 spiro atoms. The Morgan fingerprint density at radius 2 is 2.09 bits per heavy atom. The summed E-state index contributed by atoms with van der Waals surface area (Å²) in [6.07, 6.45) is 2.89. The van der Waals surface area contributed by atoms with E-state index in [0.29, 0.717) is 0 Å². The van der Waals surface area contributed by atoms with Gasteiger partial charge in [0.2, 0.25) is 0 Å². The van der Waals surface area contributed by atoms with E-state index in [0.717, 1.165) is 17.0 Å². The first-order chi connectivity index (χ1) is 5.34. The quantitative estimate of drug-likeness (QED) is 0.726. The van der Waals surface area contributed by atoms with Gasteiger partial charge in [0.25, 0.3) is 0 Å². The molecule has 2 heteroatoms. The highest BCUT2D eigenvalue weighted by atomic mass is 79.9. The SMILES string of the molecule is Clc1ccccc1C/C=C/Br. The van der Waals surface area contributed by atoms with Gasteiger partial charge in [0.1, 0.15) is 0 Å². The van der Waals surface area contributed by atoms with Crippen molar-refractivity contribution in [2.45, 2.75) is 6.42 Å². The normalized spacial score (nSPS) is 10.7. The van der Waals surface area contributed by atoms with Crippen LogP contribution in [0.2, 0.25) is 5.02 Å². The van der Waals surface area contributed by atoms with Gasteiger partial charge in [0.05, 0.1) is 0 Å². The molecule has 0 saturated carbocycles. The van der Waals surface area contributed by atoms with E-state index < -0.39 is 0 Å². The first kappa shape index (κ1) is 8.82. The third-order valence-corrected chi connectivity index (χ3v) is 2.13. The van der Waals surface area contributed by atoms with Crippen LogP contribution in [0.5, 0.6) is 0 Å². The fraction of sp³-hybridized carbons (Fsp3) is 0.111. The number of hydrogen-bond acceptors (Lipinski definition) is 0. The third kappa shape index (κ3) is 2.68. The largest absolute Gasteiger partial charge is 0.0840 e. The standard InChI is InChI=1S/C9H8BrCl/c10-7-3-5-8-4-1-2-6-9(8)11/h1-4,6-7H,5H2/b7-3+. The van der Waals surface area contributed by atoms with E-state index in [1.165, 1.54) is 0 Å². The van der Waals surface area contributed by atoms with Crippen molar-refractivity contribution in [1.82, 2.24) is 0 Å². The molecule has 0 aliphatic heterocycles.